The van der Waals surface area contributed by atoms with Crippen molar-refractivity contribution in [3.63, 3.8) is 0 Å². The summed E-state index contributed by atoms with van der Waals surface area (Å²) in [6.07, 6.45) is 2.08. The van der Waals surface area contributed by atoms with Gasteiger partial charge in [-0.2, -0.15) is 0 Å². The average molecular weight is 379 g/mol. The van der Waals surface area contributed by atoms with Gasteiger partial charge in [-0.3, -0.25) is 0 Å². The van der Waals surface area contributed by atoms with Gasteiger partial charge >= 0.3 is 0 Å². The van der Waals surface area contributed by atoms with Gasteiger partial charge in [-0.25, -0.2) is 13.1 Å². The van der Waals surface area contributed by atoms with Gasteiger partial charge in [0.25, 0.3) is 0 Å². The van der Waals surface area contributed by atoms with Crippen molar-refractivity contribution >= 4 is 60.5 Å². The third kappa shape index (κ3) is 3.16. The molecule has 1 saturated carbocycles. The maximum Gasteiger partial charge on any atom is 0.242 e. The van der Waals surface area contributed by atoms with Gasteiger partial charge in [0.15, 0.2) is 0 Å². The van der Waals surface area contributed by atoms with Crippen LogP contribution in [0.3, 0.4) is 0 Å². The van der Waals surface area contributed by atoms with Crippen LogP contribution in [0.15, 0.2) is 11.0 Å². The molecule has 0 radical (unpaired) electrons. The Hall–Kier alpha value is 0.670. The lowest BCUT2D eigenvalue weighted by Gasteiger charge is -2.12. The van der Waals surface area contributed by atoms with E-state index in [9.17, 15) is 8.42 Å². The van der Waals surface area contributed by atoms with Crippen LogP contribution in [0.25, 0.3) is 0 Å². The van der Waals surface area contributed by atoms with Crippen LogP contribution in [0, 0.1) is 5.41 Å². The number of nitrogens with one attached hydrogen (secondary N) is 1. The predicted molar refractivity (Wildman–Crippen MR) is 75.0 cm³/mol. The first-order valence-electron chi connectivity index (χ1n) is 4.89. The average Bonchev–Trinajstić information content (AvgIpc) is 2.96. The van der Waals surface area contributed by atoms with E-state index in [2.05, 4.69) is 20.7 Å². The molecule has 17 heavy (non-hydrogen) atoms. The second kappa shape index (κ2) is 4.98. The number of hydrogen-bond acceptors (Lipinski definition) is 3. The van der Waals surface area contributed by atoms with Crippen molar-refractivity contribution in [2.75, 3.05) is 11.9 Å². The quantitative estimate of drug-likeness (QED) is 0.797. The fourth-order valence-corrected chi connectivity index (χ4v) is 5.43. The van der Waals surface area contributed by atoms with E-state index in [0.717, 1.165) is 29.5 Å². The lowest BCUT2D eigenvalue weighted by Crippen LogP contribution is -2.30. The Balaban J connectivity index is 2.12. The van der Waals surface area contributed by atoms with E-state index in [1.807, 2.05) is 0 Å². The fraction of sp³-hybridized carbons (Fsp3) is 0.556. The Morgan fingerprint density at radius 2 is 2.12 bits per heavy atom. The Morgan fingerprint density at radius 1 is 1.47 bits per heavy atom. The van der Waals surface area contributed by atoms with E-state index < -0.39 is 10.0 Å². The van der Waals surface area contributed by atoms with Crippen LogP contribution in [0.2, 0.25) is 8.67 Å². The van der Waals surface area contributed by atoms with E-state index in [1.165, 1.54) is 6.07 Å². The first-order chi connectivity index (χ1) is 7.88. The molecular weight excluding hydrogens is 369 g/mol. The van der Waals surface area contributed by atoms with Gasteiger partial charge in [-0.15, -0.1) is 11.3 Å². The highest BCUT2D eigenvalue weighted by atomic mass is 79.9. The Morgan fingerprint density at radius 3 is 2.53 bits per heavy atom. The summed E-state index contributed by atoms with van der Waals surface area (Å²) in [6, 6.07) is 1.38. The highest BCUT2D eigenvalue weighted by Gasteiger charge is 2.42. The zero-order valence-electron chi connectivity index (χ0n) is 8.67. The molecule has 0 saturated heterocycles. The van der Waals surface area contributed by atoms with E-state index in [4.69, 9.17) is 23.2 Å². The Labute approximate surface area is 123 Å². The molecule has 1 fully saturated rings. The maximum absolute atomic E-state index is 12.0. The SMILES string of the molecule is O=S(=O)(NCC1(CBr)CC1)c1cc(Cl)sc1Cl. The minimum absolute atomic E-state index is 0.0690. The van der Waals surface area contributed by atoms with E-state index in [1.54, 1.807) is 0 Å². The number of sulfonamides is 1. The van der Waals surface area contributed by atoms with Gasteiger partial charge in [0.05, 0.1) is 4.34 Å². The van der Waals surface area contributed by atoms with Gasteiger partial charge in [-0.05, 0) is 24.3 Å². The molecule has 0 unspecified atom stereocenters. The minimum atomic E-state index is -3.55. The molecule has 2 rings (SSSR count). The second-order valence-electron chi connectivity index (χ2n) is 4.15. The Bertz CT molecular complexity index is 525. The molecule has 1 aliphatic carbocycles. The lowest BCUT2D eigenvalue weighted by atomic mass is 10.1. The van der Waals surface area contributed by atoms with E-state index >= 15 is 0 Å². The van der Waals surface area contributed by atoms with Crippen molar-refractivity contribution in [2.24, 2.45) is 5.41 Å². The summed E-state index contributed by atoms with van der Waals surface area (Å²) in [7, 11) is -3.55. The van der Waals surface area contributed by atoms with Crippen LogP contribution in [-0.2, 0) is 10.0 Å². The highest BCUT2D eigenvalue weighted by molar-refractivity contribution is 9.09. The summed E-state index contributed by atoms with van der Waals surface area (Å²) in [5.41, 5.74) is 0.0827. The fourth-order valence-electron chi connectivity index (χ4n) is 1.37. The zero-order valence-corrected chi connectivity index (χ0v) is 13.4. The normalized spacial score (nSPS) is 18.3. The maximum atomic E-state index is 12.0. The van der Waals surface area contributed by atoms with Crippen molar-refractivity contribution in [3.05, 3.63) is 14.7 Å². The standard InChI is InChI=1S/C9H10BrCl2NO2S2/c10-4-9(1-2-9)5-13-17(14,15)6-3-7(11)16-8(6)12/h3,13H,1-2,4-5H2. The molecule has 1 heterocycles. The number of thiophene rings is 1. The molecule has 1 aromatic heterocycles. The third-order valence-corrected chi connectivity index (χ3v) is 7.14. The van der Waals surface area contributed by atoms with Crippen molar-refractivity contribution < 1.29 is 8.42 Å². The zero-order chi connectivity index (χ0) is 12.7. The molecular formula is C9H10BrCl2NO2S2. The Kier molecular flexibility index (Phi) is 4.13. The largest absolute Gasteiger partial charge is 0.242 e. The first-order valence-corrected chi connectivity index (χ1v) is 9.07. The molecule has 0 spiro atoms. The van der Waals surface area contributed by atoms with Crippen molar-refractivity contribution in [1.82, 2.24) is 4.72 Å². The van der Waals surface area contributed by atoms with Crippen LogP contribution in [0.5, 0.6) is 0 Å². The van der Waals surface area contributed by atoms with E-state index in [-0.39, 0.29) is 14.6 Å². The molecule has 0 aromatic carbocycles. The smallest absolute Gasteiger partial charge is 0.210 e. The van der Waals surface area contributed by atoms with Gasteiger partial charge in [0.2, 0.25) is 10.0 Å². The van der Waals surface area contributed by atoms with Gasteiger partial charge in [-0.1, -0.05) is 39.1 Å². The minimum Gasteiger partial charge on any atom is -0.210 e. The molecule has 8 heteroatoms. The van der Waals surface area contributed by atoms with E-state index in [0.29, 0.717) is 10.9 Å². The topological polar surface area (TPSA) is 46.2 Å². The summed E-state index contributed by atoms with van der Waals surface area (Å²) in [5, 5.41) is 0.806. The number of rotatable bonds is 5. The molecule has 3 nitrogen and oxygen atoms in total. The molecule has 0 atom stereocenters. The van der Waals surface area contributed by atoms with Crippen LogP contribution < -0.4 is 4.72 Å². The number of hydrogen-bond donors (Lipinski definition) is 1. The summed E-state index contributed by atoms with van der Waals surface area (Å²) < 4.78 is 27.1. The number of halogens is 3. The predicted octanol–water partition coefficient (Wildman–Crippen LogP) is 3.51. The van der Waals surface area contributed by atoms with Crippen LogP contribution in [0.1, 0.15) is 12.8 Å². The van der Waals surface area contributed by atoms with Crippen LogP contribution >= 0.6 is 50.5 Å². The molecule has 1 aromatic rings. The van der Waals surface area contributed by atoms with Gasteiger partial charge < -0.3 is 0 Å². The molecule has 0 amide bonds. The van der Waals surface area contributed by atoms with Crippen molar-refractivity contribution in [3.8, 4) is 0 Å². The molecule has 96 valence electrons. The summed E-state index contributed by atoms with van der Waals surface area (Å²) in [6.45, 7) is 0.435. The monoisotopic (exact) mass is 377 g/mol. The lowest BCUT2D eigenvalue weighted by molar-refractivity contribution is 0.538. The van der Waals surface area contributed by atoms with Crippen molar-refractivity contribution in [2.45, 2.75) is 17.7 Å². The van der Waals surface area contributed by atoms with Crippen molar-refractivity contribution in [1.29, 1.82) is 0 Å². The molecule has 1 N–H and O–H groups in total. The summed E-state index contributed by atoms with van der Waals surface area (Å²) in [4.78, 5) is 0.0690. The molecule has 1 aliphatic rings. The third-order valence-electron chi connectivity index (χ3n) is 2.79. The summed E-state index contributed by atoms with van der Waals surface area (Å²) >= 11 is 16.0. The second-order valence-corrected chi connectivity index (χ2v) is 8.73. The molecule has 0 aliphatic heterocycles. The highest BCUT2D eigenvalue weighted by Crippen LogP contribution is 2.46. The first kappa shape index (κ1) is 14.1. The van der Waals surface area contributed by atoms with Gasteiger partial charge in [0, 0.05) is 11.9 Å². The van der Waals surface area contributed by atoms with Crippen LogP contribution in [0.4, 0.5) is 0 Å². The number of alkyl halides is 1. The molecule has 0 bridgehead atoms. The van der Waals surface area contributed by atoms with Crippen LogP contribution in [-0.4, -0.2) is 20.3 Å². The summed E-state index contributed by atoms with van der Waals surface area (Å²) in [5.74, 6) is 0. The van der Waals surface area contributed by atoms with Gasteiger partial charge in [0.1, 0.15) is 9.23 Å².